The third kappa shape index (κ3) is 2.95. The zero-order valence-electron chi connectivity index (χ0n) is 11.6. The minimum atomic E-state index is -0.472. The third-order valence-electron chi connectivity index (χ3n) is 3.46. The summed E-state index contributed by atoms with van der Waals surface area (Å²) in [4.78, 5) is 12.2. The van der Waals surface area contributed by atoms with Crippen LogP contribution in [0.1, 0.15) is 5.56 Å². The summed E-state index contributed by atoms with van der Waals surface area (Å²) < 4.78 is 13.7. The van der Waals surface area contributed by atoms with Crippen LogP contribution in [0.15, 0.2) is 60.7 Å². The summed E-state index contributed by atoms with van der Waals surface area (Å²) in [6, 6.07) is 17.8. The van der Waals surface area contributed by atoms with Crippen LogP contribution >= 0.6 is 11.6 Å². The Labute approximate surface area is 132 Å². The second-order valence-electron chi connectivity index (χ2n) is 4.95. The van der Waals surface area contributed by atoms with Crippen molar-refractivity contribution in [3.63, 3.8) is 0 Å². The maximum atomic E-state index is 13.7. The van der Waals surface area contributed by atoms with Crippen molar-refractivity contribution < 1.29 is 9.18 Å². The van der Waals surface area contributed by atoms with Crippen LogP contribution in [0.5, 0.6) is 0 Å². The largest absolute Gasteiger partial charge is 0.325 e. The monoisotopic (exact) mass is 313 g/mol. The molecule has 0 radical (unpaired) electrons. The van der Waals surface area contributed by atoms with E-state index in [2.05, 4.69) is 5.32 Å². The number of rotatable bonds is 3. The average molecular weight is 314 g/mol. The van der Waals surface area contributed by atoms with Gasteiger partial charge in [-0.05, 0) is 23.6 Å². The van der Waals surface area contributed by atoms with E-state index >= 15 is 0 Å². The Morgan fingerprint density at radius 3 is 2.55 bits per heavy atom. The topological polar surface area (TPSA) is 29.1 Å². The molecule has 0 aliphatic carbocycles. The Morgan fingerprint density at radius 2 is 1.73 bits per heavy atom. The summed E-state index contributed by atoms with van der Waals surface area (Å²) in [5, 5.41) is 5.06. The normalized spacial score (nSPS) is 10.6. The maximum absolute atomic E-state index is 13.7. The fourth-order valence-electron chi connectivity index (χ4n) is 2.39. The number of amides is 1. The molecule has 0 aromatic heterocycles. The fourth-order valence-corrected chi connectivity index (χ4v) is 2.62. The lowest BCUT2D eigenvalue weighted by Crippen LogP contribution is -2.15. The molecule has 3 rings (SSSR count). The van der Waals surface area contributed by atoms with Gasteiger partial charge in [0.1, 0.15) is 5.82 Å². The molecule has 3 aromatic rings. The number of benzene rings is 3. The number of hydrogen-bond acceptors (Lipinski definition) is 1. The van der Waals surface area contributed by atoms with Crippen molar-refractivity contribution in [2.75, 3.05) is 5.32 Å². The molecular weight excluding hydrogens is 301 g/mol. The van der Waals surface area contributed by atoms with Gasteiger partial charge in [0.25, 0.3) is 0 Å². The number of carbonyl (C=O) groups excluding carboxylic acids is 1. The van der Waals surface area contributed by atoms with Gasteiger partial charge in [0.05, 0.1) is 6.42 Å². The highest BCUT2D eigenvalue weighted by Crippen LogP contribution is 2.24. The van der Waals surface area contributed by atoms with E-state index in [1.807, 2.05) is 42.5 Å². The molecule has 0 spiro atoms. The highest BCUT2D eigenvalue weighted by Gasteiger charge is 2.12. The summed E-state index contributed by atoms with van der Waals surface area (Å²) in [6.07, 6.45) is -0.102. The minimum Gasteiger partial charge on any atom is -0.325 e. The Morgan fingerprint density at radius 1 is 1.00 bits per heavy atom. The van der Waals surface area contributed by atoms with Crippen molar-refractivity contribution in [3.8, 4) is 0 Å². The number of carbonyl (C=O) groups is 1. The van der Waals surface area contributed by atoms with Crippen molar-refractivity contribution >= 4 is 34.0 Å². The highest BCUT2D eigenvalue weighted by molar-refractivity contribution is 6.31. The summed E-state index contributed by atoms with van der Waals surface area (Å²) in [6.45, 7) is 0. The lowest BCUT2D eigenvalue weighted by Gasteiger charge is -2.10. The zero-order valence-corrected chi connectivity index (χ0v) is 12.4. The predicted molar refractivity (Wildman–Crippen MR) is 87.7 cm³/mol. The number of anilines is 1. The highest BCUT2D eigenvalue weighted by atomic mass is 35.5. The first kappa shape index (κ1) is 14.5. The van der Waals surface area contributed by atoms with E-state index in [9.17, 15) is 9.18 Å². The van der Waals surface area contributed by atoms with E-state index in [-0.39, 0.29) is 22.9 Å². The van der Waals surface area contributed by atoms with Gasteiger partial charge >= 0.3 is 0 Å². The number of hydrogen-bond donors (Lipinski definition) is 1. The van der Waals surface area contributed by atoms with Crippen molar-refractivity contribution in [1.29, 1.82) is 0 Å². The molecule has 0 saturated carbocycles. The van der Waals surface area contributed by atoms with Gasteiger partial charge in [-0.1, -0.05) is 54.1 Å². The lowest BCUT2D eigenvalue weighted by atomic mass is 10.1. The number of halogens is 2. The first-order valence-electron chi connectivity index (χ1n) is 6.85. The van der Waals surface area contributed by atoms with Crippen LogP contribution in [0.2, 0.25) is 5.02 Å². The third-order valence-corrected chi connectivity index (χ3v) is 3.82. The molecule has 110 valence electrons. The standard InChI is InChI=1S/C18H13ClFNO/c19-15-8-4-9-16(20)14(15)11-18(22)21-17-10-3-6-12-5-1-2-7-13(12)17/h1-10H,11H2,(H,21,22). The molecule has 0 fully saturated rings. The fraction of sp³-hybridized carbons (Fsp3) is 0.0556. The van der Waals surface area contributed by atoms with E-state index in [0.717, 1.165) is 10.8 Å². The van der Waals surface area contributed by atoms with E-state index in [1.54, 1.807) is 6.07 Å². The summed E-state index contributed by atoms with van der Waals surface area (Å²) >= 11 is 5.95. The molecule has 0 aliphatic rings. The van der Waals surface area contributed by atoms with Crippen LogP contribution in [-0.4, -0.2) is 5.91 Å². The molecule has 0 bridgehead atoms. The molecule has 1 amide bonds. The molecular formula is C18H13ClFNO. The molecule has 0 atom stereocenters. The zero-order chi connectivity index (χ0) is 15.5. The first-order valence-corrected chi connectivity index (χ1v) is 7.23. The SMILES string of the molecule is O=C(Cc1c(F)cccc1Cl)Nc1cccc2ccccc12. The summed E-state index contributed by atoms with van der Waals surface area (Å²) in [5.74, 6) is -0.774. The van der Waals surface area contributed by atoms with Crippen LogP contribution < -0.4 is 5.32 Å². The second kappa shape index (κ2) is 6.16. The average Bonchev–Trinajstić information content (AvgIpc) is 2.51. The van der Waals surface area contributed by atoms with Gasteiger partial charge < -0.3 is 5.32 Å². The van der Waals surface area contributed by atoms with Gasteiger partial charge in [0.2, 0.25) is 5.91 Å². The van der Waals surface area contributed by atoms with Gasteiger partial charge in [0.15, 0.2) is 0 Å². The Hall–Kier alpha value is -2.39. The number of nitrogens with one attached hydrogen (secondary N) is 1. The Balaban J connectivity index is 1.85. The quantitative estimate of drug-likeness (QED) is 0.738. The van der Waals surface area contributed by atoms with Gasteiger partial charge in [-0.25, -0.2) is 4.39 Å². The second-order valence-corrected chi connectivity index (χ2v) is 5.36. The molecule has 0 saturated heterocycles. The van der Waals surface area contributed by atoms with Crippen LogP contribution in [0.25, 0.3) is 10.8 Å². The molecule has 22 heavy (non-hydrogen) atoms. The smallest absolute Gasteiger partial charge is 0.228 e. The minimum absolute atomic E-state index is 0.102. The molecule has 0 aliphatic heterocycles. The number of fused-ring (bicyclic) bond motifs is 1. The first-order chi connectivity index (χ1) is 10.6. The summed E-state index contributed by atoms with van der Waals surface area (Å²) in [5.41, 5.74) is 0.914. The van der Waals surface area contributed by atoms with Crippen LogP contribution in [0.4, 0.5) is 10.1 Å². The van der Waals surface area contributed by atoms with E-state index in [1.165, 1.54) is 12.1 Å². The van der Waals surface area contributed by atoms with E-state index in [0.29, 0.717) is 5.69 Å². The van der Waals surface area contributed by atoms with Crippen molar-refractivity contribution in [2.24, 2.45) is 0 Å². The molecule has 2 nitrogen and oxygen atoms in total. The van der Waals surface area contributed by atoms with E-state index in [4.69, 9.17) is 11.6 Å². The van der Waals surface area contributed by atoms with Gasteiger partial charge in [0, 0.05) is 21.7 Å². The van der Waals surface area contributed by atoms with E-state index < -0.39 is 5.82 Å². The predicted octanol–water partition coefficient (Wildman–Crippen LogP) is 4.81. The van der Waals surface area contributed by atoms with Gasteiger partial charge in [-0.2, -0.15) is 0 Å². The van der Waals surface area contributed by atoms with Crippen molar-refractivity contribution in [2.45, 2.75) is 6.42 Å². The Kier molecular flexibility index (Phi) is 4.07. The van der Waals surface area contributed by atoms with Gasteiger partial charge in [-0.15, -0.1) is 0 Å². The maximum Gasteiger partial charge on any atom is 0.228 e. The van der Waals surface area contributed by atoms with Crippen LogP contribution in [-0.2, 0) is 11.2 Å². The molecule has 3 aromatic carbocycles. The van der Waals surface area contributed by atoms with Gasteiger partial charge in [-0.3, -0.25) is 4.79 Å². The Bertz CT molecular complexity index is 822. The van der Waals surface area contributed by atoms with Crippen LogP contribution in [0.3, 0.4) is 0 Å². The van der Waals surface area contributed by atoms with Crippen molar-refractivity contribution in [3.05, 3.63) is 77.1 Å². The van der Waals surface area contributed by atoms with Crippen molar-refractivity contribution in [1.82, 2.24) is 0 Å². The molecule has 4 heteroatoms. The molecule has 1 N–H and O–H groups in total. The van der Waals surface area contributed by atoms with Crippen LogP contribution in [0, 0.1) is 5.82 Å². The molecule has 0 heterocycles. The lowest BCUT2D eigenvalue weighted by molar-refractivity contribution is -0.115. The molecule has 0 unspecified atom stereocenters. The summed E-state index contributed by atoms with van der Waals surface area (Å²) in [7, 11) is 0.